The second-order valence-electron chi connectivity index (χ2n) is 5.54. The molecule has 2 rings (SSSR count). The van der Waals surface area contributed by atoms with Crippen molar-refractivity contribution >= 4 is 0 Å². The van der Waals surface area contributed by atoms with E-state index in [4.69, 9.17) is 0 Å². The molecular weight excluding hydrogens is 196 g/mol. The van der Waals surface area contributed by atoms with Crippen LogP contribution in [0.1, 0.15) is 46.0 Å². The van der Waals surface area contributed by atoms with Crippen LogP contribution in [0.15, 0.2) is 11.6 Å². The van der Waals surface area contributed by atoms with Gasteiger partial charge in [0, 0.05) is 18.6 Å². The Morgan fingerprint density at radius 1 is 1.25 bits per heavy atom. The third-order valence-corrected chi connectivity index (χ3v) is 3.96. The second-order valence-corrected chi connectivity index (χ2v) is 5.54. The lowest BCUT2D eigenvalue weighted by Crippen LogP contribution is -2.50. The molecule has 2 unspecified atom stereocenters. The smallest absolute Gasteiger partial charge is 0.0252 e. The van der Waals surface area contributed by atoms with Crippen LogP contribution in [0.5, 0.6) is 0 Å². The summed E-state index contributed by atoms with van der Waals surface area (Å²) in [6.45, 7) is 8.09. The maximum Gasteiger partial charge on any atom is 0.0252 e. The lowest BCUT2D eigenvalue weighted by atomic mass is 9.94. The van der Waals surface area contributed by atoms with E-state index in [1.54, 1.807) is 0 Å². The highest BCUT2D eigenvalue weighted by atomic mass is 15.2. The molecule has 0 aliphatic carbocycles. The van der Waals surface area contributed by atoms with Gasteiger partial charge in [0.1, 0.15) is 0 Å². The number of hydrogen-bond donors (Lipinski definition) is 1. The number of nitrogens with zero attached hydrogens (tertiary/aromatic N) is 1. The van der Waals surface area contributed by atoms with Crippen molar-refractivity contribution in [3.8, 4) is 0 Å². The van der Waals surface area contributed by atoms with Crippen LogP contribution >= 0.6 is 0 Å². The van der Waals surface area contributed by atoms with Gasteiger partial charge in [0.15, 0.2) is 0 Å². The number of piperidine rings is 1. The third kappa shape index (κ3) is 3.08. The molecule has 2 atom stereocenters. The zero-order chi connectivity index (χ0) is 11.4. The molecule has 0 radical (unpaired) electrons. The maximum atomic E-state index is 3.68. The van der Waals surface area contributed by atoms with Crippen LogP contribution in [0.4, 0.5) is 0 Å². The summed E-state index contributed by atoms with van der Waals surface area (Å²) in [5.41, 5.74) is 1.45. The van der Waals surface area contributed by atoms with E-state index in [0.29, 0.717) is 0 Å². The number of likely N-dealkylation sites (tertiary alicyclic amines) is 1. The molecule has 2 nitrogen and oxygen atoms in total. The molecule has 16 heavy (non-hydrogen) atoms. The zero-order valence-corrected chi connectivity index (χ0v) is 10.8. The summed E-state index contributed by atoms with van der Waals surface area (Å²) in [6, 6.07) is 1.57. The topological polar surface area (TPSA) is 15.3 Å². The largest absolute Gasteiger partial charge is 0.312 e. The van der Waals surface area contributed by atoms with Crippen LogP contribution in [0.2, 0.25) is 0 Å². The van der Waals surface area contributed by atoms with Gasteiger partial charge >= 0.3 is 0 Å². The van der Waals surface area contributed by atoms with Gasteiger partial charge in [0.05, 0.1) is 0 Å². The normalized spacial score (nSPS) is 31.6. The molecule has 0 aromatic rings. The van der Waals surface area contributed by atoms with E-state index in [9.17, 15) is 0 Å². The van der Waals surface area contributed by atoms with Gasteiger partial charge in [-0.25, -0.2) is 0 Å². The Hall–Kier alpha value is -0.340. The summed E-state index contributed by atoms with van der Waals surface area (Å²) < 4.78 is 0. The Morgan fingerprint density at radius 3 is 2.81 bits per heavy atom. The Morgan fingerprint density at radius 2 is 2.12 bits per heavy atom. The van der Waals surface area contributed by atoms with Crippen molar-refractivity contribution in [2.75, 3.05) is 19.6 Å². The Labute approximate surface area is 100 Å². The minimum Gasteiger partial charge on any atom is -0.312 e. The van der Waals surface area contributed by atoms with Crippen molar-refractivity contribution in [3.63, 3.8) is 0 Å². The van der Waals surface area contributed by atoms with Crippen molar-refractivity contribution in [2.45, 2.75) is 58.0 Å². The summed E-state index contributed by atoms with van der Waals surface area (Å²) in [4.78, 5) is 2.69. The van der Waals surface area contributed by atoms with Gasteiger partial charge in [0.2, 0.25) is 0 Å². The molecule has 0 spiro atoms. The van der Waals surface area contributed by atoms with Crippen LogP contribution in [-0.2, 0) is 0 Å². The molecule has 0 aromatic heterocycles. The molecule has 0 saturated carbocycles. The Kier molecular flexibility index (Phi) is 4.42. The molecule has 1 N–H and O–H groups in total. The van der Waals surface area contributed by atoms with Gasteiger partial charge in [-0.2, -0.15) is 0 Å². The maximum absolute atomic E-state index is 3.68. The highest BCUT2D eigenvalue weighted by molar-refractivity contribution is 4.98. The fourth-order valence-electron chi connectivity index (χ4n) is 3.04. The van der Waals surface area contributed by atoms with E-state index in [1.165, 1.54) is 50.8 Å². The Bertz CT molecular complexity index is 237. The lowest BCUT2D eigenvalue weighted by molar-refractivity contribution is 0.134. The molecule has 0 aromatic carbocycles. The van der Waals surface area contributed by atoms with E-state index < -0.39 is 0 Å². The average Bonchev–Trinajstić information content (AvgIpc) is 2.80. The van der Waals surface area contributed by atoms with Gasteiger partial charge in [-0.3, -0.25) is 4.90 Å². The lowest BCUT2D eigenvalue weighted by Gasteiger charge is -2.38. The van der Waals surface area contributed by atoms with E-state index in [1.807, 2.05) is 0 Å². The summed E-state index contributed by atoms with van der Waals surface area (Å²) >= 11 is 0. The average molecular weight is 222 g/mol. The van der Waals surface area contributed by atoms with Crippen LogP contribution < -0.4 is 5.32 Å². The quantitative estimate of drug-likeness (QED) is 0.738. The van der Waals surface area contributed by atoms with E-state index in [-0.39, 0.29) is 0 Å². The second kappa shape index (κ2) is 5.83. The fraction of sp³-hybridized carbons (Fsp3) is 0.857. The molecule has 0 amide bonds. The van der Waals surface area contributed by atoms with Crippen molar-refractivity contribution in [1.82, 2.24) is 10.2 Å². The third-order valence-electron chi connectivity index (χ3n) is 3.96. The minimum absolute atomic E-state index is 0.769. The fourth-order valence-corrected chi connectivity index (χ4v) is 3.04. The number of hydrogen-bond acceptors (Lipinski definition) is 2. The molecule has 2 aliphatic heterocycles. The van der Waals surface area contributed by atoms with Crippen molar-refractivity contribution in [2.24, 2.45) is 0 Å². The number of nitrogens with one attached hydrogen (secondary N) is 1. The van der Waals surface area contributed by atoms with E-state index >= 15 is 0 Å². The number of allylic oxidation sites excluding steroid dienone is 1. The molecule has 2 heterocycles. The molecular formula is C14H26N2. The van der Waals surface area contributed by atoms with Crippen LogP contribution in [0.25, 0.3) is 0 Å². The first-order valence-corrected chi connectivity index (χ1v) is 6.88. The molecule has 92 valence electrons. The molecule has 2 aliphatic rings. The summed E-state index contributed by atoms with van der Waals surface area (Å²) in [6.07, 6.45) is 9.35. The number of rotatable bonds is 3. The van der Waals surface area contributed by atoms with Gasteiger partial charge in [-0.1, -0.05) is 18.1 Å². The SMILES string of the molecule is CC(C)=CCN1CCCCC1C1CCCN1. The van der Waals surface area contributed by atoms with Crippen molar-refractivity contribution in [3.05, 3.63) is 11.6 Å². The van der Waals surface area contributed by atoms with Crippen LogP contribution in [-0.4, -0.2) is 36.6 Å². The van der Waals surface area contributed by atoms with Crippen LogP contribution in [0.3, 0.4) is 0 Å². The van der Waals surface area contributed by atoms with E-state index in [0.717, 1.165) is 18.6 Å². The van der Waals surface area contributed by atoms with Crippen molar-refractivity contribution < 1.29 is 0 Å². The monoisotopic (exact) mass is 222 g/mol. The summed E-state index contributed by atoms with van der Waals surface area (Å²) in [5, 5.41) is 3.68. The molecule has 2 saturated heterocycles. The zero-order valence-electron chi connectivity index (χ0n) is 10.8. The standard InChI is InChI=1S/C14H26N2/c1-12(2)8-11-16-10-4-3-7-14(16)13-6-5-9-15-13/h8,13-15H,3-7,9-11H2,1-2H3. The van der Waals surface area contributed by atoms with Gasteiger partial charge < -0.3 is 5.32 Å². The highest BCUT2D eigenvalue weighted by Gasteiger charge is 2.30. The molecule has 2 fully saturated rings. The highest BCUT2D eigenvalue weighted by Crippen LogP contribution is 2.24. The molecule has 0 bridgehead atoms. The van der Waals surface area contributed by atoms with Gasteiger partial charge in [-0.05, 0) is 52.6 Å². The first-order chi connectivity index (χ1) is 7.77. The first-order valence-electron chi connectivity index (χ1n) is 6.88. The first kappa shape index (κ1) is 12.1. The van der Waals surface area contributed by atoms with Gasteiger partial charge in [-0.15, -0.1) is 0 Å². The van der Waals surface area contributed by atoms with Crippen molar-refractivity contribution in [1.29, 1.82) is 0 Å². The van der Waals surface area contributed by atoms with Crippen LogP contribution in [0, 0.1) is 0 Å². The summed E-state index contributed by atoms with van der Waals surface area (Å²) in [5.74, 6) is 0. The Balaban J connectivity index is 1.93. The van der Waals surface area contributed by atoms with E-state index in [2.05, 4.69) is 30.1 Å². The molecule has 2 heteroatoms. The predicted octanol–water partition coefficient (Wildman–Crippen LogP) is 2.56. The predicted molar refractivity (Wildman–Crippen MR) is 69.7 cm³/mol. The minimum atomic E-state index is 0.769. The van der Waals surface area contributed by atoms with Gasteiger partial charge in [0.25, 0.3) is 0 Å². The summed E-state index contributed by atoms with van der Waals surface area (Å²) in [7, 11) is 0.